The van der Waals surface area contributed by atoms with Crippen LogP contribution >= 0.6 is 0 Å². The Kier molecular flexibility index (Phi) is 5.68. The average molecular weight is 384 g/mol. The van der Waals surface area contributed by atoms with Crippen molar-refractivity contribution in [2.24, 2.45) is 0 Å². The van der Waals surface area contributed by atoms with Gasteiger partial charge >= 0.3 is 12.2 Å². The second-order valence-electron chi connectivity index (χ2n) is 6.47. The number of nitrogens with one attached hydrogen (secondary N) is 2. The van der Waals surface area contributed by atoms with E-state index in [9.17, 15) is 18.0 Å². The van der Waals surface area contributed by atoms with Crippen LogP contribution in [0.2, 0.25) is 0 Å². The third-order valence-corrected chi connectivity index (χ3v) is 4.26. The van der Waals surface area contributed by atoms with Crippen LogP contribution in [-0.2, 0) is 12.6 Å². The number of carbonyl (C=O) groups excluding carboxylic acids is 1. The van der Waals surface area contributed by atoms with E-state index in [1.54, 1.807) is 12.1 Å². The van der Waals surface area contributed by atoms with Gasteiger partial charge in [0.2, 0.25) is 0 Å². The smallest absolute Gasteiger partial charge is 0.308 e. The van der Waals surface area contributed by atoms with E-state index < -0.39 is 17.8 Å². The highest BCUT2D eigenvalue weighted by atomic mass is 19.4. The summed E-state index contributed by atoms with van der Waals surface area (Å²) < 4.78 is 38.9. The molecule has 0 aliphatic heterocycles. The van der Waals surface area contributed by atoms with Crippen LogP contribution in [0.25, 0.3) is 0 Å². The first kappa shape index (κ1) is 19.5. The SMILES string of the molecule is Cc1ccc(NC(=O)Nc2ccc(Cc3ccccc3)cc2)cc1C(F)(F)F. The van der Waals surface area contributed by atoms with Crippen LogP contribution in [-0.4, -0.2) is 6.03 Å². The Morgan fingerprint density at radius 1 is 0.821 bits per heavy atom. The van der Waals surface area contributed by atoms with E-state index in [0.717, 1.165) is 18.1 Å². The van der Waals surface area contributed by atoms with E-state index in [0.29, 0.717) is 5.69 Å². The number of aryl methyl sites for hydroxylation is 1. The Morgan fingerprint density at radius 2 is 1.39 bits per heavy atom. The van der Waals surface area contributed by atoms with Gasteiger partial charge in [0, 0.05) is 11.4 Å². The Bertz CT molecular complexity index is 952. The van der Waals surface area contributed by atoms with Gasteiger partial charge in [0.15, 0.2) is 0 Å². The maximum Gasteiger partial charge on any atom is 0.416 e. The Hall–Kier alpha value is -3.28. The van der Waals surface area contributed by atoms with Crippen molar-refractivity contribution in [3.63, 3.8) is 0 Å². The molecule has 2 N–H and O–H groups in total. The number of benzene rings is 3. The lowest BCUT2D eigenvalue weighted by Crippen LogP contribution is -2.20. The highest BCUT2D eigenvalue weighted by molar-refractivity contribution is 5.99. The van der Waals surface area contributed by atoms with Gasteiger partial charge in [0.1, 0.15) is 0 Å². The van der Waals surface area contributed by atoms with E-state index in [4.69, 9.17) is 0 Å². The average Bonchev–Trinajstić information content (AvgIpc) is 2.65. The van der Waals surface area contributed by atoms with Gasteiger partial charge in [-0.2, -0.15) is 13.2 Å². The summed E-state index contributed by atoms with van der Waals surface area (Å²) in [5.41, 5.74) is 2.24. The maximum atomic E-state index is 13.0. The van der Waals surface area contributed by atoms with Gasteiger partial charge in [-0.25, -0.2) is 4.79 Å². The normalized spacial score (nSPS) is 11.1. The Balaban J connectivity index is 1.62. The lowest BCUT2D eigenvalue weighted by Gasteiger charge is -2.13. The number of alkyl halides is 3. The number of carbonyl (C=O) groups is 1. The Morgan fingerprint density at radius 3 is 2.04 bits per heavy atom. The minimum absolute atomic E-state index is 0.0797. The first-order valence-corrected chi connectivity index (χ1v) is 8.70. The summed E-state index contributed by atoms with van der Waals surface area (Å²) in [6.07, 6.45) is -3.69. The number of amides is 2. The van der Waals surface area contributed by atoms with Crippen LogP contribution in [0.4, 0.5) is 29.3 Å². The summed E-state index contributed by atoms with van der Waals surface area (Å²) in [5, 5.41) is 5.06. The van der Waals surface area contributed by atoms with Crippen LogP contribution in [0.1, 0.15) is 22.3 Å². The fraction of sp³-hybridized carbons (Fsp3) is 0.136. The van der Waals surface area contributed by atoms with Gasteiger partial charge in [0.25, 0.3) is 0 Å². The number of urea groups is 1. The summed E-state index contributed by atoms with van der Waals surface area (Å²) in [6.45, 7) is 1.38. The molecule has 3 rings (SSSR count). The molecule has 6 heteroatoms. The molecule has 0 heterocycles. The Labute approximate surface area is 161 Å². The molecule has 0 spiro atoms. The maximum absolute atomic E-state index is 13.0. The number of hydrogen-bond donors (Lipinski definition) is 2. The van der Waals surface area contributed by atoms with Crippen molar-refractivity contribution in [3.05, 3.63) is 95.1 Å². The summed E-state index contributed by atoms with van der Waals surface area (Å²) in [4.78, 5) is 12.1. The largest absolute Gasteiger partial charge is 0.416 e. The first-order valence-electron chi connectivity index (χ1n) is 8.70. The van der Waals surface area contributed by atoms with Crippen molar-refractivity contribution >= 4 is 17.4 Å². The van der Waals surface area contributed by atoms with Gasteiger partial charge in [-0.15, -0.1) is 0 Å². The number of anilines is 2. The van der Waals surface area contributed by atoms with Gasteiger partial charge in [-0.05, 0) is 54.3 Å². The van der Waals surface area contributed by atoms with E-state index >= 15 is 0 Å². The highest BCUT2D eigenvalue weighted by Crippen LogP contribution is 2.33. The topological polar surface area (TPSA) is 41.1 Å². The molecule has 0 aliphatic carbocycles. The fourth-order valence-corrected chi connectivity index (χ4v) is 2.84. The molecular weight excluding hydrogens is 365 g/mol. The molecule has 0 saturated heterocycles. The van der Waals surface area contributed by atoms with Crippen molar-refractivity contribution in [1.82, 2.24) is 0 Å². The lowest BCUT2D eigenvalue weighted by atomic mass is 10.0. The molecule has 3 nitrogen and oxygen atoms in total. The lowest BCUT2D eigenvalue weighted by molar-refractivity contribution is -0.138. The molecule has 3 aromatic rings. The summed E-state index contributed by atoms with van der Waals surface area (Å²) in [7, 11) is 0. The van der Waals surface area contributed by atoms with Crippen LogP contribution in [0.3, 0.4) is 0 Å². The highest BCUT2D eigenvalue weighted by Gasteiger charge is 2.32. The number of rotatable bonds is 4. The van der Waals surface area contributed by atoms with E-state index in [2.05, 4.69) is 10.6 Å². The molecule has 0 bridgehead atoms. The second-order valence-corrected chi connectivity index (χ2v) is 6.47. The first-order chi connectivity index (χ1) is 13.3. The molecule has 0 radical (unpaired) electrons. The van der Waals surface area contributed by atoms with Crippen molar-refractivity contribution < 1.29 is 18.0 Å². The fourth-order valence-electron chi connectivity index (χ4n) is 2.84. The van der Waals surface area contributed by atoms with Crippen molar-refractivity contribution in [2.75, 3.05) is 10.6 Å². The minimum atomic E-state index is -4.47. The van der Waals surface area contributed by atoms with E-state index in [-0.39, 0.29) is 11.3 Å². The molecule has 0 fully saturated rings. The van der Waals surface area contributed by atoms with Crippen molar-refractivity contribution in [2.45, 2.75) is 19.5 Å². The number of hydrogen-bond acceptors (Lipinski definition) is 1. The van der Waals surface area contributed by atoms with Crippen LogP contribution in [0.5, 0.6) is 0 Å². The predicted octanol–water partition coefficient (Wildman–Crippen LogP) is 6.25. The third kappa shape index (κ3) is 5.13. The molecule has 3 aromatic carbocycles. The van der Waals surface area contributed by atoms with Crippen LogP contribution in [0.15, 0.2) is 72.8 Å². The predicted molar refractivity (Wildman–Crippen MR) is 105 cm³/mol. The second kappa shape index (κ2) is 8.17. The molecule has 0 saturated carbocycles. The molecule has 0 aliphatic rings. The molecular formula is C22H19F3N2O. The summed E-state index contributed by atoms with van der Waals surface area (Å²) >= 11 is 0. The third-order valence-electron chi connectivity index (χ3n) is 4.26. The van der Waals surface area contributed by atoms with Gasteiger partial charge in [-0.3, -0.25) is 0 Å². The minimum Gasteiger partial charge on any atom is -0.308 e. The van der Waals surface area contributed by atoms with Crippen LogP contribution < -0.4 is 10.6 Å². The van der Waals surface area contributed by atoms with Crippen molar-refractivity contribution in [1.29, 1.82) is 0 Å². The molecule has 0 aromatic heterocycles. The molecule has 0 unspecified atom stereocenters. The van der Waals surface area contributed by atoms with E-state index in [1.807, 2.05) is 42.5 Å². The zero-order chi connectivity index (χ0) is 20.1. The van der Waals surface area contributed by atoms with Crippen molar-refractivity contribution in [3.8, 4) is 0 Å². The van der Waals surface area contributed by atoms with E-state index in [1.165, 1.54) is 24.6 Å². The molecule has 28 heavy (non-hydrogen) atoms. The van der Waals surface area contributed by atoms with Gasteiger partial charge in [-0.1, -0.05) is 48.5 Å². The zero-order valence-electron chi connectivity index (χ0n) is 15.2. The molecule has 144 valence electrons. The zero-order valence-corrected chi connectivity index (χ0v) is 15.2. The molecule has 0 atom stereocenters. The van der Waals surface area contributed by atoms with Gasteiger partial charge < -0.3 is 10.6 Å². The standard InChI is InChI=1S/C22H19F3N2O/c1-15-7-10-19(14-20(15)22(23,24)25)27-21(28)26-18-11-8-17(9-12-18)13-16-5-3-2-4-6-16/h2-12,14H,13H2,1H3,(H2,26,27,28). The quantitative estimate of drug-likeness (QED) is 0.549. The number of halogens is 3. The summed E-state index contributed by atoms with van der Waals surface area (Å²) in [6, 6.07) is 20.4. The molecule has 2 amide bonds. The van der Waals surface area contributed by atoms with Gasteiger partial charge in [0.05, 0.1) is 5.56 Å². The monoisotopic (exact) mass is 384 g/mol. The summed E-state index contributed by atoms with van der Waals surface area (Å²) in [5.74, 6) is 0. The van der Waals surface area contributed by atoms with Crippen LogP contribution in [0, 0.1) is 6.92 Å².